The van der Waals surface area contributed by atoms with E-state index in [1.54, 1.807) is 6.26 Å². The quantitative estimate of drug-likeness (QED) is 0.871. The Morgan fingerprint density at radius 1 is 1.53 bits per heavy atom. The first-order chi connectivity index (χ1) is 7.99. The lowest BCUT2D eigenvalue weighted by molar-refractivity contribution is 0.0934. The van der Waals surface area contributed by atoms with Gasteiger partial charge in [0.05, 0.1) is 12.4 Å². The van der Waals surface area contributed by atoms with E-state index < -0.39 is 10.8 Å². The molecule has 2 atom stereocenters. The number of halogens is 1. The number of rotatable bonds is 5. The Morgan fingerprint density at radius 2 is 2.24 bits per heavy atom. The minimum absolute atomic E-state index is 0.0520. The Hall–Kier alpha value is -1.01. The maximum atomic E-state index is 11.7. The van der Waals surface area contributed by atoms with E-state index in [4.69, 9.17) is 11.6 Å². The molecule has 1 aromatic rings. The summed E-state index contributed by atoms with van der Waals surface area (Å²) in [6, 6.07) is -0.0520. The van der Waals surface area contributed by atoms with Crippen LogP contribution in [0.15, 0.2) is 12.4 Å². The number of hydrogen-bond acceptors (Lipinski definition) is 4. The van der Waals surface area contributed by atoms with E-state index in [-0.39, 0.29) is 22.8 Å². The van der Waals surface area contributed by atoms with E-state index in [0.29, 0.717) is 12.2 Å². The minimum atomic E-state index is -0.845. The molecule has 94 valence electrons. The fraction of sp³-hybridized carbons (Fsp3) is 0.500. The van der Waals surface area contributed by atoms with E-state index in [0.717, 1.165) is 0 Å². The van der Waals surface area contributed by atoms with Crippen molar-refractivity contribution >= 4 is 28.3 Å². The van der Waals surface area contributed by atoms with Gasteiger partial charge in [-0.3, -0.25) is 9.00 Å². The molecule has 0 saturated heterocycles. The van der Waals surface area contributed by atoms with Gasteiger partial charge in [0.1, 0.15) is 10.8 Å². The van der Waals surface area contributed by atoms with Crippen molar-refractivity contribution < 1.29 is 9.00 Å². The number of nitrogens with one attached hydrogen (secondary N) is 1. The van der Waals surface area contributed by atoms with Gasteiger partial charge >= 0.3 is 0 Å². The molecule has 0 radical (unpaired) electrons. The first-order valence-electron chi connectivity index (χ1n) is 5.07. The van der Waals surface area contributed by atoms with Crippen molar-refractivity contribution in [3.63, 3.8) is 0 Å². The molecule has 0 fully saturated rings. The van der Waals surface area contributed by atoms with Crippen LogP contribution in [0.3, 0.4) is 0 Å². The lowest BCUT2D eigenvalue weighted by Gasteiger charge is -2.12. The lowest BCUT2D eigenvalue weighted by atomic mass is 10.2. The number of amides is 1. The normalized spacial score (nSPS) is 14.1. The molecule has 0 spiro atoms. The van der Waals surface area contributed by atoms with Crippen molar-refractivity contribution in [2.45, 2.75) is 19.4 Å². The zero-order valence-electron chi connectivity index (χ0n) is 9.64. The second-order valence-corrected chi connectivity index (χ2v) is 5.61. The van der Waals surface area contributed by atoms with Crippen LogP contribution < -0.4 is 5.32 Å². The standard InChI is InChI=1S/C10H14ClN3O2S/c1-7(3-4-17(2)16)14-10(15)8-5-13-9(11)6-12-8/h5-7H,3-4H2,1-2H3,(H,14,15). The average Bonchev–Trinajstić information content (AvgIpc) is 2.27. The van der Waals surface area contributed by atoms with Gasteiger partial charge in [0.2, 0.25) is 0 Å². The van der Waals surface area contributed by atoms with E-state index in [1.165, 1.54) is 12.4 Å². The third-order valence-electron chi connectivity index (χ3n) is 2.07. The fourth-order valence-electron chi connectivity index (χ4n) is 1.14. The van der Waals surface area contributed by atoms with Gasteiger partial charge in [0.15, 0.2) is 0 Å². The molecule has 5 nitrogen and oxygen atoms in total. The Balaban J connectivity index is 2.48. The largest absolute Gasteiger partial charge is 0.348 e. The van der Waals surface area contributed by atoms with Gasteiger partial charge in [0.25, 0.3) is 5.91 Å². The van der Waals surface area contributed by atoms with Crippen LogP contribution >= 0.6 is 11.6 Å². The molecular formula is C10H14ClN3O2S. The summed E-state index contributed by atoms with van der Waals surface area (Å²) < 4.78 is 10.9. The predicted molar refractivity (Wildman–Crippen MR) is 67.5 cm³/mol. The Kier molecular flexibility index (Phi) is 5.50. The molecule has 1 heterocycles. The van der Waals surface area contributed by atoms with Crippen LogP contribution in [0.5, 0.6) is 0 Å². The van der Waals surface area contributed by atoms with Crippen LogP contribution in [0.25, 0.3) is 0 Å². The van der Waals surface area contributed by atoms with Crippen molar-refractivity contribution in [2.24, 2.45) is 0 Å². The molecule has 0 aliphatic heterocycles. The lowest BCUT2D eigenvalue weighted by Crippen LogP contribution is -2.34. The molecule has 1 N–H and O–H groups in total. The summed E-state index contributed by atoms with van der Waals surface area (Å²) in [6.07, 6.45) is 4.94. The van der Waals surface area contributed by atoms with Gasteiger partial charge in [-0.05, 0) is 13.3 Å². The summed E-state index contributed by atoms with van der Waals surface area (Å²) in [5.41, 5.74) is 0.221. The van der Waals surface area contributed by atoms with E-state index in [2.05, 4.69) is 15.3 Å². The second kappa shape index (κ2) is 6.66. The van der Waals surface area contributed by atoms with Crippen LogP contribution in [0.1, 0.15) is 23.8 Å². The highest BCUT2D eigenvalue weighted by atomic mass is 35.5. The maximum absolute atomic E-state index is 11.7. The monoisotopic (exact) mass is 275 g/mol. The third kappa shape index (κ3) is 5.23. The Bertz CT molecular complexity index is 411. The molecule has 0 saturated carbocycles. The van der Waals surface area contributed by atoms with Crippen molar-refractivity contribution in [2.75, 3.05) is 12.0 Å². The van der Waals surface area contributed by atoms with Gasteiger partial charge in [-0.25, -0.2) is 9.97 Å². The summed E-state index contributed by atoms with van der Waals surface area (Å²) in [5.74, 6) is 0.261. The smallest absolute Gasteiger partial charge is 0.271 e. The maximum Gasteiger partial charge on any atom is 0.271 e. The summed E-state index contributed by atoms with van der Waals surface area (Å²) >= 11 is 5.57. The van der Waals surface area contributed by atoms with Gasteiger partial charge in [-0.1, -0.05) is 11.6 Å². The number of carbonyl (C=O) groups is 1. The van der Waals surface area contributed by atoms with E-state index in [1.807, 2.05) is 6.92 Å². The molecule has 0 aliphatic carbocycles. The first-order valence-corrected chi connectivity index (χ1v) is 7.18. The molecule has 1 rings (SSSR count). The molecule has 0 aromatic carbocycles. The molecule has 2 unspecified atom stereocenters. The Labute approximate surface area is 107 Å². The van der Waals surface area contributed by atoms with Crippen LogP contribution in [0.4, 0.5) is 0 Å². The highest BCUT2D eigenvalue weighted by molar-refractivity contribution is 7.84. The number of nitrogens with zero attached hydrogens (tertiary/aromatic N) is 2. The van der Waals surface area contributed by atoms with Crippen molar-refractivity contribution in [3.05, 3.63) is 23.2 Å². The molecule has 1 amide bonds. The van der Waals surface area contributed by atoms with Crippen LogP contribution in [-0.4, -0.2) is 38.1 Å². The first kappa shape index (κ1) is 14.1. The van der Waals surface area contributed by atoms with Crippen molar-refractivity contribution in [3.8, 4) is 0 Å². The van der Waals surface area contributed by atoms with Crippen LogP contribution in [-0.2, 0) is 10.8 Å². The summed E-state index contributed by atoms with van der Waals surface area (Å²) in [6.45, 7) is 1.86. The molecule has 17 heavy (non-hydrogen) atoms. The summed E-state index contributed by atoms with van der Waals surface area (Å²) in [4.78, 5) is 19.3. The highest BCUT2D eigenvalue weighted by Gasteiger charge is 2.11. The molecule has 1 aromatic heterocycles. The topological polar surface area (TPSA) is 72.0 Å². The summed E-state index contributed by atoms with van der Waals surface area (Å²) in [7, 11) is -0.845. The number of aromatic nitrogens is 2. The van der Waals surface area contributed by atoms with Gasteiger partial charge in [0, 0.05) is 28.9 Å². The van der Waals surface area contributed by atoms with E-state index in [9.17, 15) is 9.00 Å². The molecule has 0 bridgehead atoms. The van der Waals surface area contributed by atoms with Gasteiger partial charge in [-0.2, -0.15) is 0 Å². The Morgan fingerprint density at radius 3 is 2.76 bits per heavy atom. The molecule has 0 aliphatic rings. The minimum Gasteiger partial charge on any atom is -0.348 e. The molecule has 7 heteroatoms. The SMILES string of the molecule is CC(CCS(C)=O)NC(=O)c1cnc(Cl)cn1. The number of carbonyl (C=O) groups excluding carboxylic acids is 1. The van der Waals surface area contributed by atoms with E-state index >= 15 is 0 Å². The van der Waals surface area contributed by atoms with Crippen molar-refractivity contribution in [1.82, 2.24) is 15.3 Å². The fourth-order valence-corrected chi connectivity index (χ4v) is 1.93. The second-order valence-electron chi connectivity index (χ2n) is 3.66. The predicted octanol–water partition coefficient (Wildman–Crippen LogP) is 1.02. The van der Waals surface area contributed by atoms with Crippen molar-refractivity contribution in [1.29, 1.82) is 0 Å². The zero-order chi connectivity index (χ0) is 12.8. The zero-order valence-corrected chi connectivity index (χ0v) is 11.2. The third-order valence-corrected chi connectivity index (χ3v) is 3.07. The van der Waals surface area contributed by atoms with Crippen LogP contribution in [0, 0.1) is 0 Å². The highest BCUT2D eigenvalue weighted by Crippen LogP contribution is 2.02. The number of hydrogen-bond donors (Lipinski definition) is 1. The average molecular weight is 276 g/mol. The van der Waals surface area contributed by atoms with Gasteiger partial charge < -0.3 is 5.32 Å². The van der Waals surface area contributed by atoms with Gasteiger partial charge in [-0.15, -0.1) is 0 Å². The van der Waals surface area contributed by atoms with Crippen LogP contribution in [0.2, 0.25) is 5.15 Å². The molecular weight excluding hydrogens is 262 g/mol. The summed E-state index contributed by atoms with van der Waals surface area (Å²) in [5, 5.41) is 3.00.